The third-order valence-corrected chi connectivity index (χ3v) is 3.67. The minimum absolute atomic E-state index is 0.121. The molecule has 0 unspecified atom stereocenters. The fourth-order valence-electron chi connectivity index (χ4n) is 2.51. The zero-order valence-corrected chi connectivity index (χ0v) is 13.5. The normalized spacial score (nSPS) is 10.6. The van der Waals surface area contributed by atoms with Gasteiger partial charge in [0.25, 0.3) is 0 Å². The van der Waals surface area contributed by atoms with Crippen molar-refractivity contribution in [2.45, 2.75) is 6.54 Å². The average Bonchev–Trinajstić information content (AvgIpc) is 3.09. The number of rotatable bonds is 7. The van der Waals surface area contributed by atoms with Gasteiger partial charge in [-0.15, -0.1) is 15.0 Å². The molecule has 128 valence electrons. The number of carbonyl (C=O) groups is 1. The van der Waals surface area contributed by atoms with Gasteiger partial charge in [0, 0.05) is 13.1 Å². The molecule has 25 heavy (non-hydrogen) atoms. The Morgan fingerprint density at radius 2 is 1.64 bits per heavy atom. The number of nitrogens with zero attached hydrogens (tertiary/aromatic N) is 4. The highest BCUT2D eigenvalue weighted by atomic mass is 16.4. The first-order valence-electron chi connectivity index (χ1n) is 7.85. The molecule has 0 radical (unpaired) electrons. The van der Waals surface area contributed by atoms with Crippen molar-refractivity contribution in [3.63, 3.8) is 0 Å². The van der Waals surface area contributed by atoms with Crippen molar-refractivity contribution in [2.24, 2.45) is 0 Å². The molecular weight excluding hydrogens is 320 g/mol. The van der Waals surface area contributed by atoms with E-state index in [1.807, 2.05) is 48.5 Å². The molecule has 2 aromatic carbocycles. The van der Waals surface area contributed by atoms with Gasteiger partial charge in [0.05, 0.1) is 12.3 Å². The molecule has 0 aliphatic carbocycles. The lowest BCUT2D eigenvalue weighted by molar-refractivity contribution is 0.0690. The molecule has 1 aromatic heterocycles. The molecule has 0 saturated heterocycles. The van der Waals surface area contributed by atoms with Crippen LogP contribution in [0.2, 0.25) is 0 Å². The van der Waals surface area contributed by atoms with E-state index in [4.69, 9.17) is 0 Å². The van der Waals surface area contributed by atoms with Crippen molar-refractivity contribution in [1.29, 1.82) is 0 Å². The minimum atomic E-state index is -1.16. The van der Waals surface area contributed by atoms with Crippen molar-refractivity contribution in [3.8, 4) is 5.69 Å². The number of aromatic carboxylic acids is 1. The molecule has 3 aromatic rings. The Bertz CT molecular complexity index is 834. The molecule has 0 fully saturated rings. The van der Waals surface area contributed by atoms with Crippen molar-refractivity contribution < 1.29 is 15.0 Å². The lowest BCUT2D eigenvalue weighted by Crippen LogP contribution is -2.28. The second-order valence-electron chi connectivity index (χ2n) is 5.43. The molecule has 0 amide bonds. The highest BCUT2D eigenvalue weighted by Gasteiger charge is 2.23. The molecule has 7 heteroatoms. The number of hydrogen-bond acceptors (Lipinski definition) is 5. The quantitative estimate of drug-likeness (QED) is 0.684. The summed E-state index contributed by atoms with van der Waals surface area (Å²) in [5.74, 6) is -0.928. The number of benzene rings is 2. The van der Waals surface area contributed by atoms with E-state index < -0.39 is 5.97 Å². The predicted molar refractivity (Wildman–Crippen MR) is 92.9 cm³/mol. The molecule has 7 nitrogen and oxygen atoms in total. The van der Waals surface area contributed by atoms with Gasteiger partial charge in [0.1, 0.15) is 0 Å². The lowest BCUT2D eigenvalue weighted by Gasteiger charge is -2.21. The third kappa shape index (κ3) is 3.84. The summed E-state index contributed by atoms with van der Waals surface area (Å²) in [5, 5.41) is 27.4. The molecule has 3 rings (SSSR count). The molecule has 1 heterocycles. The van der Waals surface area contributed by atoms with Crippen LogP contribution >= 0.6 is 0 Å². The standard InChI is InChI=1S/C18H18N4O3/c23-12-11-21(13-14-7-3-1-4-8-14)17-16(18(24)25)19-22(20-17)15-9-5-2-6-10-15/h1-10,23H,11-13H2,(H,24,25). The maximum atomic E-state index is 11.6. The van der Waals surface area contributed by atoms with Crippen LogP contribution in [0.1, 0.15) is 16.1 Å². The van der Waals surface area contributed by atoms with E-state index in [0.717, 1.165) is 5.56 Å². The first kappa shape index (κ1) is 16.7. The molecule has 0 saturated carbocycles. The fraction of sp³-hybridized carbons (Fsp3) is 0.167. The highest BCUT2D eigenvalue weighted by molar-refractivity contribution is 5.91. The van der Waals surface area contributed by atoms with E-state index in [1.54, 1.807) is 17.0 Å². The van der Waals surface area contributed by atoms with Gasteiger partial charge in [-0.1, -0.05) is 48.5 Å². The number of carboxylic acid groups (broad SMARTS) is 1. The minimum Gasteiger partial charge on any atom is -0.476 e. The molecule has 0 aliphatic heterocycles. The number of carboxylic acids is 1. The Labute approximate surface area is 144 Å². The summed E-state index contributed by atoms with van der Waals surface area (Å²) in [6.45, 7) is 0.557. The maximum Gasteiger partial charge on any atom is 0.360 e. The Hall–Kier alpha value is -3.19. The van der Waals surface area contributed by atoms with Crippen molar-refractivity contribution in [3.05, 3.63) is 71.9 Å². The zero-order valence-electron chi connectivity index (χ0n) is 13.5. The summed E-state index contributed by atoms with van der Waals surface area (Å²) in [6.07, 6.45) is 0. The van der Waals surface area contributed by atoms with E-state index in [2.05, 4.69) is 10.2 Å². The number of anilines is 1. The highest BCUT2D eigenvalue weighted by Crippen LogP contribution is 2.20. The van der Waals surface area contributed by atoms with Gasteiger partial charge in [-0.25, -0.2) is 4.79 Å². The number of aliphatic hydroxyl groups excluding tert-OH is 1. The molecule has 2 N–H and O–H groups in total. The summed E-state index contributed by atoms with van der Waals surface area (Å²) < 4.78 is 0. The van der Waals surface area contributed by atoms with Crippen molar-refractivity contribution >= 4 is 11.8 Å². The summed E-state index contributed by atoms with van der Waals surface area (Å²) in [5.41, 5.74) is 1.51. The molecule has 0 atom stereocenters. The SMILES string of the molecule is O=C(O)c1nn(-c2ccccc2)nc1N(CCO)Cc1ccccc1. The van der Waals surface area contributed by atoms with Crippen LogP contribution in [-0.4, -0.2) is 44.3 Å². The van der Waals surface area contributed by atoms with Crippen LogP contribution in [0.15, 0.2) is 60.7 Å². The van der Waals surface area contributed by atoms with Gasteiger partial charge >= 0.3 is 5.97 Å². The number of hydrogen-bond donors (Lipinski definition) is 2. The average molecular weight is 338 g/mol. The van der Waals surface area contributed by atoms with Crippen LogP contribution in [0, 0.1) is 0 Å². The van der Waals surface area contributed by atoms with Crippen molar-refractivity contribution in [2.75, 3.05) is 18.1 Å². The molecular formula is C18H18N4O3. The molecule has 0 aliphatic rings. The Morgan fingerprint density at radius 1 is 1.00 bits per heavy atom. The van der Waals surface area contributed by atoms with Gasteiger partial charge in [0.15, 0.2) is 5.82 Å². The van der Waals surface area contributed by atoms with Gasteiger partial charge < -0.3 is 15.1 Å². The summed E-state index contributed by atoms with van der Waals surface area (Å²) in [4.78, 5) is 14.6. The predicted octanol–water partition coefficient (Wildman–Crippen LogP) is 1.96. The Kier molecular flexibility index (Phi) is 5.06. The van der Waals surface area contributed by atoms with Gasteiger partial charge in [-0.05, 0) is 17.7 Å². The number of para-hydroxylation sites is 1. The van der Waals surface area contributed by atoms with Crippen LogP contribution in [0.4, 0.5) is 5.82 Å². The van der Waals surface area contributed by atoms with Crippen molar-refractivity contribution in [1.82, 2.24) is 15.0 Å². The second kappa shape index (κ2) is 7.59. The number of aromatic nitrogens is 3. The summed E-state index contributed by atoms with van der Waals surface area (Å²) >= 11 is 0. The van der Waals surface area contributed by atoms with Gasteiger partial charge in [-0.3, -0.25) is 0 Å². The zero-order chi connectivity index (χ0) is 17.6. The fourth-order valence-corrected chi connectivity index (χ4v) is 2.51. The second-order valence-corrected chi connectivity index (χ2v) is 5.43. The first-order chi connectivity index (χ1) is 12.2. The third-order valence-electron chi connectivity index (χ3n) is 3.67. The summed E-state index contributed by atoms with van der Waals surface area (Å²) in [7, 11) is 0. The van der Waals surface area contributed by atoms with E-state index in [9.17, 15) is 15.0 Å². The Morgan fingerprint density at radius 3 is 2.24 bits per heavy atom. The molecule has 0 bridgehead atoms. The van der Waals surface area contributed by atoms with E-state index >= 15 is 0 Å². The van der Waals surface area contributed by atoms with Gasteiger partial charge in [-0.2, -0.15) is 0 Å². The first-order valence-corrected chi connectivity index (χ1v) is 7.85. The van der Waals surface area contributed by atoms with Gasteiger partial charge in [0.2, 0.25) is 5.69 Å². The van der Waals surface area contributed by atoms with Crippen LogP contribution < -0.4 is 4.90 Å². The summed E-state index contributed by atoms with van der Waals surface area (Å²) in [6, 6.07) is 18.7. The smallest absolute Gasteiger partial charge is 0.360 e. The van der Waals surface area contributed by atoms with Crippen LogP contribution in [-0.2, 0) is 6.54 Å². The van der Waals surface area contributed by atoms with Crippen LogP contribution in [0.25, 0.3) is 5.69 Å². The lowest BCUT2D eigenvalue weighted by atomic mass is 10.2. The molecule has 0 spiro atoms. The van der Waals surface area contributed by atoms with Crippen LogP contribution in [0.3, 0.4) is 0 Å². The maximum absolute atomic E-state index is 11.6. The van der Waals surface area contributed by atoms with Crippen LogP contribution in [0.5, 0.6) is 0 Å². The van der Waals surface area contributed by atoms with E-state index in [0.29, 0.717) is 12.2 Å². The topological polar surface area (TPSA) is 91.5 Å². The van der Waals surface area contributed by atoms with E-state index in [-0.39, 0.29) is 24.7 Å². The Balaban J connectivity index is 1.99. The van der Waals surface area contributed by atoms with E-state index in [1.165, 1.54) is 4.80 Å². The largest absolute Gasteiger partial charge is 0.476 e. The monoisotopic (exact) mass is 338 g/mol. The number of aliphatic hydroxyl groups is 1.